The maximum Gasteiger partial charge on any atom is 0.881 e. The molecule has 0 bridgehead atoms. The maximum atomic E-state index is 6.07. The van der Waals surface area contributed by atoms with E-state index in [1.807, 2.05) is 120 Å². The van der Waals surface area contributed by atoms with Gasteiger partial charge < -0.3 is 7.58 Å². The molecule has 0 spiro atoms. The van der Waals surface area contributed by atoms with Crippen molar-refractivity contribution in [3.63, 3.8) is 0 Å². The molecule has 1 aromatic heterocycles. The summed E-state index contributed by atoms with van der Waals surface area (Å²) in [5, 5.41) is 4.85. The molecule has 5 aromatic rings. The molecule has 1 heterocycles. The van der Waals surface area contributed by atoms with Crippen molar-refractivity contribution in [1.82, 2.24) is 14.8 Å². The summed E-state index contributed by atoms with van der Waals surface area (Å²) in [6, 6.07) is 37.5. The molecule has 0 N–H and O–H groups in total. The standard InChI is InChI=1S/C20H15N3O.C6H6O.Al/c24-18-14-8-7-13-17(18)23-20(16-11-5-2-6-12-16)21-19(22-23)15-9-3-1-4-10-15;7-6-4-2-1-3-5-6;/h1-14,24H;1-5,7H;/q;;+2/p-2. The molecule has 0 amide bonds. The van der Waals surface area contributed by atoms with Crippen LogP contribution in [0.3, 0.4) is 0 Å². The van der Waals surface area contributed by atoms with Gasteiger partial charge in [0.15, 0.2) is 11.6 Å². The molecule has 0 unspecified atom stereocenters. The molecule has 0 fully saturated rings. The first kappa shape index (κ1) is 20.1. The number of hydrogen-bond donors (Lipinski definition) is 0. The predicted molar refractivity (Wildman–Crippen MR) is 126 cm³/mol. The molecule has 0 atom stereocenters. The summed E-state index contributed by atoms with van der Waals surface area (Å²) in [6.45, 7) is 0. The Hall–Kier alpha value is -3.85. The van der Waals surface area contributed by atoms with Crippen LogP contribution in [0.15, 0.2) is 115 Å². The van der Waals surface area contributed by atoms with Crippen molar-refractivity contribution < 1.29 is 7.58 Å². The van der Waals surface area contributed by atoms with Gasteiger partial charge in [-0.15, -0.1) is 5.10 Å². The van der Waals surface area contributed by atoms with Crippen LogP contribution >= 0.6 is 0 Å². The molecule has 0 aliphatic carbocycles. The number of nitrogens with zero attached hydrogens (tertiary/aromatic N) is 3. The zero-order valence-electron chi connectivity index (χ0n) is 17.2. The van der Waals surface area contributed by atoms with Gasteiger partial charge >= 0.3 is 15.9 Å². The van der Waals surface area contributed by atoms with Crippen LogP contribution in [0.2, 0.25) is 0 Å². The molecule has 5 rings (SSSR count). The van der Waals surface area contributed by atoms with Crippen LogP contribution in [-0.2, 0) is 0 Å². The third kappa shape index (κ3) is 4.42. The molecule has 0 saturated carbocycles. The van der Waals surface area contributed by atoms with Gasteiger partial charge in [-0.1, -0.05) is 91.0 Å². The van der Waals surface area contributed by atoms with Crippen molar-refractivity contribution in [2.45, 2.75) is 0 Å². The van der Waals surface area contributed by atoms with Gasteiger partial charge in [0.25, 0.3) is 0 Å². The van der Waals surface area contributed by atoms with E-state index in [0.717, 1.165) is 28.4 Å². The van der Waals surface area contributed by atoms with Gasteiger partial charge in [0, 0.05) is 11.1 Å². The molecular weight excluding hydrogens is 413 g/mol. The Bertz CT molecular complexity index is 1290. The van der Waals surface area contributed by atoms with Crippen LogP contribution in [0.25, 0.3) is 28.5 Å². The van der Waals surface area contributed by atoms with Crippen LogP contribution in [-0.4, -0.2) is 30.7 Å². The number of rotatable bonds is 7. The second-order valence-electron chi connectivity index (χ2n) is 7.02. The van der Waals surface area contributed by atoms with Crippen LogP contribution in [0, 0.1) is 0 Å². The van der Waals surface area contributed by atoms with Crippen LogP contribution in [0.5, 0.6) is 11.5 Å². The monoisotopic (exact) mass is 432 g/mol. The number of hydrogen-bond acceptors (Lipinski definition) is 4. The summed E-state index contributed by atoms with van der Waals surface area (Å²) in [6.07, 6.45) is 0. The Morgan fingerprint density at radius 1 is 0.594 bits per heavy atom. The Kier molecular flexibility index (Phi) is 5.98. The zero-order chi connectivity index (χ0) is 21.6. The van der Waals surface area contributed by atoms with E-state index in [1.54, 1.807) is 0 Å². The van der Waals surface area contributed by atoms with Crippen molar-refractivity contribution in [3.8, 4) is 40.0 Å². The lowest BCUT2D eigenvalue weighted by atomic mass is 10.2. The lowest BCUT2D eigenvalue weighted by Gasteiger charge is -2.14. The van der Waals surface area contributed by atoms with Gasteiger partial charge in [0.05, 0.1) is 5.75 Å². The fourth-order valence-corrected chi connectivity index (χ4v) is 3.95. The SMILES string of the molecule is c1ccc([O][Al][O]c2ccccc2-n2nc(-c3ccccc3)nc2-c2ccccc2)cc1. The van der Waals surface area contributed by atoms with E-state index in [9.17, 15) is 0 Å². The minimum Gasteiger partial charge on any atom is -0.616 e. The Morgan fingerprint density at radius 3 is 1.91 bits per heavy atom. The number of para-hydroxylation sites is 3. The molecule has 32 heavy (non-hydrogen) atoms. The second kappa shape index (κ2) is 9.53. The highest BCUT2D eigenvalue weighted by atomic mass is 27.2. The van der Waals surface area contributed by atoms with E-state index in [2.05, 4.69) is 0 Å². The Morgan fingerprint density at radius 2 is 1.19 bits per heavy atom. The van der Waals surface area contributed by atoms with Gasteiger partial charge in [-0.3, -0.25) is 0 Å². The molecule has 0 saturated heterocycles. The fourth-order valence-electron chi connectivity index (χ4n) is 3.33. The first-order valence-electron chi connectivity index (χ1n) is 10.3. The average molecular weight is 432 g/mol. The summed E-state index contributed by atoms with van der Waals surface area (Å²) in [7, 11) is 0. The molecule has 1 radical (unpaired) electrons. The Labute approximate surface area is 193 Å². The van der Waals surface area contributed by atoms with Crippen LogP contribution < -0.4 is 7.58 Å². The van der Waals surface area contributed by atoms with Gasteiger partial charge in [-0.25, -0.2) is 9.67 Å². The van der Waals surface area contributed by atoms with E-state index in [0.29, 0.717) is 11.6 Å². The molecule has 6 heteroatoms. The minimum atomic E-state index is -0.741. The first-order chi connectivity index (χ1) is 15.9. The highest BCUT2D eigenvalue weighted by Gasteiger charge is 2.18. The smallest absolute Gasteiger partial charge is 0.616 e. The summed E-state index contributed by atoms with van der Waals surface area (Å²) in [5.41, 5.74) is 2.75. The van der Waals surface area contributed by atoms with Crippen molar-refractivity contribution in [3.05, 3.63) is 115 Å². The first-order valence-corrected chi connectivity index (χ1v) is 11.2. The molecule has 5 nitrogen and oxygen atoms in total. The second-order valence-corrected chi connectivity index (χ2v) is 7.68. The summed E-state index contributed by atoms with van der Waals surface area (Å²) < 4.78 is 13.7. The fraction of sp³-hybridized carbons (Fsp3) is 0. The van der Waals surface area contributed by atoms with Crippen LogP contribution in [0.4, 0.5) is 0 Å². The number of benzene rings is 4. The van der Waals surface area contributed by atoms with Gasteiger partial charge in [0.1, 0.15) is 11.4 Å². The molecule has 4 aromatic carbocycles. The predicted octanol–water partition coefficient (Wildman–Crippen LogP) is 5.59. The topological polar surface area (TPSA) is 49.2 Å². The Balaban J connectivity index is 1.52. The van der Waals surface area contributed by atoms with Crippen LogP contribution in [0.1, 0.15) is 0 Å². The molecule has 153 valence electrons. The van der Waals surface area contributed by atoms with Crippen molar-refractivity contribution in [2.24, 2.45) is 0 Å². The maximum absolute atomic E-state index is 6.07. The lowest BCUT2D eigenvalue weighted by molar-refractivity contribution is 0.457. The zero-order valence-corrected chi connectivity index (χ0v) is 18.4. The lowest BCUT2D eigenvalue weighted by Crippen LogP contribution is -2.13. The van der Waals surface area contributed by atoms with Crippen molar-refractivity contribution in [1.29, 1.82) is 0 Å². The molecule has 0 aliphatic heterocycles. The van der Waals surface area contributed by atoms with E-state index in [1.165, 1.54) is 0 Å². The third-order valence-corrected chi connectivity index (χ3v) is 5.59. The number of aromatic nitrogens is 3. The average Bonchev–Trinajstić information content (AvgIpc) is 3.32. The van der Waals surface area contributed by atoms with Crippen molar-refractivity contribution >= 4 is 15.9 Å². The van der Waals surface area contributed by atoms with E-state index >= 15 is 0 Å². The highest BCUT2D eigenvalue weighted by molar-refractivity contribution is 6.20. The van der Waals surface area contributed by atoms with E-state index in [4.69, 9.17) is 17.7 Å². The van der Waals surface area contributed by atoms with Gasteiger partial charge in [-0.2, -0.15) is 0 Å². The normalized spacial score (nSPS) is 10.5. The third-order valence-electron chi connectivity index (χ3n) is 4.87. The van der Waals surface area contributed by atoms with Gasteiger partial charge in [0.2, 0.25) is 0 Å². The highest BCUT2D eigenvalue weighted by Crippen LogP contribution is 2.29. The summed E-state index contributed by atoms with van der Waals surface area (Å²) >= 11 is -0.741. The summed E-state index contributed by atoms with van der Waals surface area (Å²) in [4.78, 5) is 4.87. The minimum absolute atomic E-state index is 0.659. The van der Waals surface area contributed by atoms with E-state index in [-0.39, 0.29) is 0 Å². The molecule has 0 aliphatic rings. The summed E-state index contributed by atoms with van der Waals surface area (Å²) in [5.74, 6) is 2.89. The van der Waals surface area contributed by atoms with E-state index < -0.39 is 15.9 Å². The molecular formula is C26H19AlN3O2. The van der Waals surface area contributed by atoms with Crippen molar-refractivity contribution in [2.75, 3.05) is 0 Å². The van der Waals surface area contributed by atoms with Gasteiger partial charge in [-0.05, 0) is 24.3 Å². The largest absolute Gasteiger partial charge is 0.881 e. The quantitative estimate of drug-likeness (QED) is 0.315.